The first-order valence-electron chi connectivity index (χ1n) is 6.34. The summed E-state index contributed by atoms with van der Waals surface area (Å²) in [5.74, 6) is 0. The molecular formula is C16H25Cl. The standard InChI is InChI=1S/C16H25Cl/c1-15(2,3)11-14(17)12-7-9-13(10-8-12)16(4,5)6/h7-10,14H,11H2,1-6H3. The van der Waals surface area contributed by atoms with Crippen LogP contribution < -0.4 is 0 Å². The van der Waals surface area contributed by atoms with Gasteiger partial charge in [-0.3, -0.25) is 0 Å². The topological polar surface area (TPSA) is 0 Å². The summed E-state index contributed by atoms with van der Waals surface area (Å²) in [5.41, 5.74) is 3.08. The highest BCUT2D eigenvalue weighted by molar-refractivity contribution is 6.20. The Morgan fingerprint density at radius 1 is 0.941 bits per heavy atom. The van der Waals surface area contributed by atoms with Gasteiger partial charge >= 0.3 is 0 Å². The summed E-state index contributed by atoms with van der Waals surface area (Å²) < 4.78 is 0. The molecule has 0 fully saturated rings. The summed E-state index contributed by atoms with van der Waals surface area (Å²) in [4.78, 5) is 0. The fourth-order valence-electron chi connectivity index (χ4n) is 1.85. The number of rotatable bonds is 2. The van der Waals surface area contributed by atoms with Gasteiger partial charge in [-0.15, -0.1) is 11.6 Å². The molecule has 0 aliphatic carbocycles. The van der Waals surface area contributed by atoms with E-state index in [-0.39, 0.29) is 16.2 Å². The smallest absolute Gasteiger partial charge is 0.0590 e. The van der Waals surface area contributed by atoms with Crippen LogP contribution in [0.15, 0.2) is 24.3 Å². The Labute approximate surface area is 111 Å². The predicted octanol–water partition coefficient (Wildman–Crippen LogP) is 5.70. The van der Waals surface area contributed by atoms with Gasteiger partial charge in [0.05, 0.1) is 5.38 Å². The van der Waals surface area contributed by atoms with E-state index in [1.807, 2.05) is 0 Å². The summed E-state index contributed by atoms with van der Waals surface area (Å²) in [7, 11) is 0. The number of hydrogen-bond acceptors (Lipinski definition) is 0. The van der Waals surface area contributed by atoms with E-state index in [2.05, 4.69) is 65.8 Å². The quantitative estimate of drug-likeness (QED) is 0.593. The van der Waals surface area contributed by atoms with Crippen molar-refractivity contribution < 1.29 is 0 Å². The number of halogens is 1. The van der Waals surface area contributed by atoms with E-state index in [1.165, 1.54) is 11.1 Å². The van der Waals surface area contributed by atoms with Crippen molar-refractivity contribution in [2.24, 2.45) is 5.41 Å². The molecule has 0 saturated heterocycles. The molecule has 0 N–H and O–H groups in total. The van der Waals surface area contributed by atoms with Gasteiger partial charge in [-0.2, -0.15) is 0 Å². The Morgan fingerprint density at radius 2 is 1.41 bits per heavy atom. The predicted molar refractivity (Wildman–Crippen MR) is 77.8 cm³/mol. The van der Waals surface area contributed by atoms with Crippen LogP contribution in [0.2, 0.25) is 0 Å². The third-order valence-electron chi connectivity index (χ3n) is 2.93. The van der Waals surface area contributed by atoms with Gasteiger partial charge in [0.1, 0.15) is 0 Å². The molecule has 1 atom stereocenters. The SMILES string of the molecule is CC(C)(C)CC(Cl)c1ccc(C(C)(C)C)cc1. The summed E-state index contributed by atoms with van der Waals surface area (Å²) >= 11 is 6.46. The first-order valence-corrected chi connectivity index (χ1v) is 6.78. The van der Waals surface area contributed by atoms with E-state index in [1.54, 1.807) is 0 Å². The first kappa shape index (κ1) is 14.6. The molecule has 96 valence electrons. The molecule has 0 aliphatic heterocycles. The number of alkyl halides is 1. The first-order chi connectivity index (χ1) is 7.59. The molecule has 0 amide bonds. The van der Waals surface area contributed by atoms with E-state index >= 15 is 0 Å². The number of hydrogen-bond donors (Lipinski definition) is 0. The van der Waals surface area contributed by atoms with Crippen LogP contribution in [0, 0.1) is 5.41 Å². The molecule has 1 heteroatoms. The van der Waals surface area contributed by atoms with E-state index in [4.69, 9.17) is 11.6 Å². The molecule has 0 radical (unpaired) electrons. The van der Waals surface area contributed by atoms with Crippen LogP contribution in [0.5, 0.6) is 0 Å². The van der Waals surface area contributed by atoms with Crippen molar-refractivity contribution in [1.82, 2.24) is 0 Å². The fourth-order valence-corrected chi connectivity index (χ4v) is 2.46. The maximum absolute atomic E-state index is 6.46. The van der Waals surface area contributed by atoms with Gasteiger partial charge in [-0.05, 0) is 28.4 Å². The van der Waals surface area contributed by atoms with Gasteiger partial charge in [0, 0.05) is 0 Å². The van der Waals surface area contributed by atoms with Gasteiger partial charge in [0.15, 0.2) is 0 Å². The number of benzene rings is 1. The van der Waals surface area contributed by atoms with Crippen LogP contribution in [-0.2, 0) is 5.41 Å². The highest BCUT2D eigenvalue weighted by Crippen LogP contribution is 2.34. The molecule has 0 bridgehead atoms. The lowest BCUT2D eigenvalue weighted by Gasteiger charge is -2.23. The fraction of sp³-hybridized carbons (Fsp3) is 0.625. The lowest BCUT2D eigenvalue weighted by Crippen LogP contribution is -2.11. The maximum Gasteiger partial charge on any atom is 0.0590 e. The normalized spacial score (nSPS) is 14.8. The van der Waals surface area contributed by atoms with Crippen LogP contribution in [0.3, 0.4) is 0 Å². The summed E-state index contributed by atoms with van der Waals surface area (Å²) in [5, 5.41) is 0.115. The Morgan fingerprint density at radius 3 is 1.76 bits per heavy atom. The Bertz CT molecular complexity index is 349. The molecule has 0 nitrogen and oxygen atoms in total. The van der Waals surface area contributed by atoms with Gasteiger partial charge in [0.2, 0.25) is 0 Å². The van der Waals surface area contributed by atoms with E-state index in [0.717, 1.165) is 6.42 Å². The second kappa shape index (κ2) is 5.02. The van der Waals surface area contributed by atoms with Crippen molar-refractivity contribution in [3.8, 4) is 0 Å². The largest absolute Gasteiger partial charge is 0.118 e. The lowest BCUT2D eigenvalue weighted by atomic mass is 9.85. The molecule has 1 aromatic carbocycles. The molecule has 1 unspecified atom stereocenters. The van der Waals surface area contributed by atoms with Crippen LogP contribution in [0.1, 0.15) is 64.5 Å². The summed E-state index contributed by atoms with van der Waals surface area (Å²) in [6, 6.07) is 8.74. The van der Waals surface area contributed by atoms with E-state index < -0.39 is 0 Å². The second-order valence-corrected chi connectivity index (χ2v) is 7.63. The molecule has 0 spiro atoms. The molecule has 1 rings (SSSR count). The second-order valence-electron chi connectivity index (χ2n) is 7.10. The lowest BCUT2D eigenvalue weighted by molar-refractivity contribution is 0.372. The third-order valence-corrected chi connectivity index (χ3v) is 3.34. The van der Waals surface area contributed by atoms with Gasteiger partial charge < -0.3 is 0 Å². The minimum absolute atomic E-state index is 0.115. The van der Waals surface area contributed by atoms with E-state index in [0.29, 0.717) is 0 Å². The van der Waals surface area contributed by atoms with Crippen molar-refractivity contribution in [1.29, 1.82) is 0 Å². The highest BCUT2D eigenvalue weighted by atomic mass is 35.5. The van der Waals surface area contributed by atoms with Crippen molar-refractivity contribution in [2.45, 2.75) is 58.8 Å². The van der Waals surface area contributed by atoms with Crippen LogP contribution in [0.25, 0.3) is 0 Å². The van der Waals surface area contributed by atoms with Crippen LogP contribution in [0.4, 0.5) is 0 Å². The molecule has 1 aromatic rings. The zero-order valence-electron chi connectivity index (χ0n) is 12.0. The van der Waals surface area contributed by atoms with Gasteiger partial charge in [-0.1, -0.05) is 65.8 Å². The third kappa shape index (κ3) is 4.71. The van der Waals surface area contributed by atoms with Crippen molar-refractivity contribution in [3.05, 3.63) is 35.4 Å². The zero-order valence-corrected chi connectivity index (χ0v) is 12.7. The van der Waals surface area contributed by atoms with Gasteiger partial charge in [0.25, 0.3) is 0 Å². The molecule has 0 aromatic heterocycles. The van der Waals surface area contributed by atoms with E-state index in [9.17, 15) is 0 Å². The molecule has 0 aliphatic rings. The molecular weight excluding hydrogens is 228 g/mol. The maximum atomic E-state index is 6.46. The Hall–Kier alpha value is -0.490. The molecule has 17 heavy (non-hydrogen) atoms. The summed E-state index contributed by atoms with van der Waals surface area (Å²) in [6.45, 7) is 13.4. The van der Waals surface area contributed by atoms with Crippen molar-refractivity contribution in [2.75, 3.05) is 0 Å². The van der Waals surface area contributed by atoms with Crippen LogP contribution in [-0.4, -0.2) is 0 Å². The average molecular weight is 253 g/mol. The highest BCUT2D eigenvalue weighted by Gasteiger charge is 2.19. The average Bonchev–Trinajstić information content (AvgIpc) is 2.14. The summed E-state index contributed by atoms with van der Waals surface area (Å²) in [6.07, 6.45) is 1.00. The van der Waals surface area contributed by atoms with Crippen molar-refractivity contribution >= 4 is 11.6 Å². The molecule has 0 heterocycles. The minimum Gasteiger partial charge on any atom is -0.118 e. The Balaban J connectivity index is 2.81. The zero-order chi connectivity index (χ0) is 13.3. The van der Waals surface area contributed by atoms with Crippen molar-refractivity contribution in [3.63, 3.8) is 0 Å². The van der Waals surface area contributed by atoms with Crippen LogP contribution >= 0.6 is 11.6 Å². The monoisotopic (exact) mass is 252 g/mol. The Kier molecular flexibility index (Phi) is 4.30. The minimum atomic E-state index is 0.115. The van der Waals surface area contributed by atoms with Gasteiger partial charge in [-0.25, -0.2) is 0 Å². The molecule has 0 saturated carbocycles.